The van der Waals surface area contributed by atoms with Crippen molar-refractivity contribution in [2.75, 3.05) is 0 Å². The minimum atomic E-state index is 0.789. The molecule has 0 spiro atoms. The van der Waals surface area contributed by atoms with Crippen molar-refractivity contribution in [1.82, 2.24) is 9.55 Å². The molecule has 2 nitrogen and oxygen atoms in total. The van der Waals surface area contributed by atoms with Gasteiger partial charge in [-0.3, -0.25) is 0 Å². The number of hydrogen-bond donors (Lipinski definition) is 0. The van der Waals surface area contributed by atoms with E-state index < -0.39 is 0 Å². The molecular formula is C10H16N2. The normalized spacial score (nSPS) is 21.4. The molecule has 1 atom stereocenters. The van der Waals surface area contributed by atoms with Crippen molar-refractivity contribution in [3.63, 3.8) is 0 Å². The summed E-state index contributed by atoms with van der Waals surface area (Å²) >= 11 is 0. The minimum Gasteiger partial charge on any atom is -0.332 e. The quantitative estimate of drug-likeness (QED) is 0.620. The van der Waals surface area contributed by atoms with E-state index in [-0.39, 0.29) is 0 Å². The van der Waals surface area contributed by atoms with Gasteiger partial charge in [0, 0.05) is 18.7 Å². The fraction of sp³-hybridized carbons (Fsp3) is 0.700. The van der Waals surface area contributed by atoms with Crippen molar-refractivity contribution in [3.05, 3.63) is 17.2 Å². The monoisotopic (exact) mass is 164 g/mol. The van der Waals surface area contributed by atoms with Crippen LogP contribution in [0.1, 0.15) is 31.1 Å². The Morgan fingerprint density at radius 1 is 1.58 bits per heavy atom. The summed E-state index contributed by atoms with van der Waals surface area (Å²) in [6, 6.07) is 0. The first-order valence-corrected chi connectivity index (χ1v) is 4.77. The van der Waals surface area contributed by atoms with Gasteiger partial charge in [-0.25, -0.2) is 4.98 Å². The first-order chi connectivity index (χ1) is 5.72. The van der Waals surface area contributed by atoms with Gasteiger partial charge in [0.1, 0.15) is 5.82 Å². The van der Waals surface area contributed by atoms with Crippen molar-refractivity contribution >= 4 is 0 Å². The van der Waals surface area contributed by atoms with Gasteiger partial charge in [-0.2, -0.15) is 0 Å². The lowest BCUT2D eigenvalue weighted by atomic mass is 10.1. The van der Waals surface area contributed by atoms with Gasteiger partial charge in [0.05, 0.1) is 5.69 Å². The van der Waals surface area contributed by atoms with Crippen molar-refractivity contribution in [3.8, 4) is 0 Å². The molecule has 0 aromatic carbocycles. The summed E-state index contributed by atoms with van der Waals surface area (Å²) < 4.78 is 2.38. The summed E-state index contributed by atoms with van der Waals surface area (Å²) in [5.41, 5.74) is 2.67. The van der Waals surface area contributed by atoms with Crippen LogP contribution in [-0.2, 0) is 19.4 Å². The Hall–Kier alpha value is -0.790. The van der Waals surface area contributed by atoms with E-state index in [1.165, 1.54) is 30.2 Å². The number of imidazole rings is 1. The number of rotatable bonds is 1. The minimum absolute atomic E-state index is 0.789. The summed E-state index contributed by atoms with van der Waals surface area (Å²) in [4.78, 5) is 4.62. The van der Waals surface area contributed by atoms with Gasteiger partial charge >= 0.3 is 0 Å². The highest BCUT2D eigenvalue weighted by Crippen LogP contribution is 2.23. The van der Waals surface area contributed by atoms with Gasteiger partial charge in [0.15, 0.2) is 0 Å². The summed E-state index contributed by atoms with van der Waals surface area (Å²) in [7, 11) is 0. The molecule has 0 saturated heterocycles. The van der Waals surface area contributed by atoms with Crippen LogP contribution >= 0.6 is 0 Å². The summed E-state index contributed by atoms with van der Waals surface area (Å²) in [6.45, 7) is 7.83. The number of fused-ring (bicyclic) bond motifs is 1. The standard InChI is InChI=1S/C10H16N2/c1-4-9-8(3)12-6-7(2)5-10(12)11-9/h7H,4-6H2,1-3H3. The van der Waals surface area contributed by atoms with E-state index in [4.69, 9.17) is 0 Å². The lowest BCUT2D eigenvalue weighted by Gasteiger charge is -2.02. The maximum Gasteiger partial charge on any atom is 0.109 e. The zero-order chi connectivity index (χ0) is 8.72. The zero-order valence-electron chi connectivity index (χ0n) is 8.09. The Morgan fingerprint density at radius 2 is 2.33 bits per heavy atom. The lowest BCUT2D eigenvalue weighted by Crippen LogP contribution is -2.00. The first-order valence-electron chi connectivity index (χ1n) is 4.77. The third kappa shape index (κ3) is 0.977. The van der Waals surface area contributed by atoms with E-state index in [1.54, 1.807) is 0 Å². The Kier molecular flexibility index (Phi) is 1.71. The molecule has 2 heterocycles. The van der Waals surface area contributed by atoms with E-state index in [2.05, 4.69) is 30.3 Å². The van der Waals surface area contributed by atoms with Gasteiger partial charge in [0.25, 0.3) is 0 Å². The molecule has 1 aromatic heterocycles. The topological polar surface area (TPSA) is 17.8 Å². The van der Waals surface area contributed by atoms with Gasteiger partial charge < -0.3 is 4.57 Å². The summed E-state index contributed by atoms with van der Waals surface area (Å²) in [5, 5.41) is 0. The molecule has 0 N–H and O–H groups in total. The van der Waals surface area contributed by atoms with Crippen LogP contribution in [-0.4, -0.2) is 9.55 Å². The van der Waals surface area contributed by atoms with E-state index in [0.29, 0.717) is 0 Å². The van der Waals surface area contributed by atoms with Gasteiger partial charge in [-0.05, 0) is 19.3 Å². The molecule has 0 bridgehead atoms. The SMILES string of the molecule is CCc1nc2n(c1C)CC(C)C2. The maximum absolute atomic E-state index is 4.62. The van der Waals surface area contributed by atoms with Crippen LogP contribution in [0.2, 0.25) is 0 Å². The predicted octanol–water partition coefficient (Wildman–Crippen LogP) is 1.95. The van der Waals surface area contributed by atoms with Crippen LogP contribution in [0.5, 0.6) is 0 Å². The molecule has 0 saturated carbocycles. The number of hydrogen-bond acceptors (Lipinski definition) is 1. The van der Waals surface area contributed by atoms with Crippen LogP contribution in [0, 0.1) is 12.8 Å². The molecule has 12 heavy (non-hydrogen) atoms. The largest absolute Gasteiger partial charge is 0.332 e. The highest BCUT2D eigenvalue weighted by atomic mass is 15.1. The molecule has 0 amide bonds. The molecule has 2 rings (SSSR count). The zero-order valence-corrected chi connectivity index (χ0v) is 8.09. The number of nitrogens with zero attached hydrogens (tertiary/aromatic N) is 2. The molecule has 1 aromatic rings. The molecule has 0 aliphatic carbocycles. The van der Waals surface area contributed by atoms with Crippen molar-refractivity contribution < 1.29 is 0 Å². The Morgan fingerprint density at radius 3 is 2.92 bits per heavy atom. The number of aryl methyl sites for hydroxylation is 1. The second-order valence-corrected chi connectivity index (χ2v) is 3.83. The third-order valence-electron chi connectivity index (χ3n) is 2.76. The molecule has 0 fully saturated rings. The van der Waals surface area contributed by atoms with E-state index in [1.807, 2.05) is 0 Å². The lowest BCUT2D eigenvalue weighted by molar-refractivity contribution is 0.555. The summed E-state index contributed by atoms with van der Waals surface area (Å²) in [6.07, 6.45) is 2.24. The maximum atomic E-state index is 4.62. The van der Waals surface area contributed by atoms with Crippen LogP contribution in [0.3, 0.4) is 0 Å². The predicted molar refractivity (Wildman–Crippen MR) is 49.2 cm³/mol. The van der Waals surface area contributed by atoms with Crippen molar-refractivity contribution in [2.45, 2.75) is 40.2 Å². The molecule has 2 heteroatoms. The second-order valence-electron chi connectivity index (χ2n) is 3.83. The van der Waals surface area contributed by atoms with Gasteiger partial charge in [-0.1, -0.05) is 13.8 Å². The van der Waals surface area contributed by atoms with Crippen LogP contribution in [0.15, 0.2) is 0 Å². The number of aromatic nitrogens is 2. The smallest absolute Gasteiger partial charge is 0.109 e. The van der Waals surface area contributed by atoms with Crippen LogP contribution in [0.25, 0.3) is 0 Å². The molecular weight excluding hydrogens is 148 g/mol. The molecule has 0 radical (unpaired) electrons. The van der Waals surface area contributed by atoms with Crippen LogP contribution in [0.4, 0.5) is 0 Å². The Labute approximate surface area is 73.6 Å². The molecule has 66 valence electrons. The van der Waals surface area contributed by atoms with E-state index in [0.717, 1.165) is 12.3 Å². The molecule has 1 aliphatic heterocycles. The average molecular weight is 164 g/mol. The fourth-order valence-corrected chi connectivity index (χ4v) is 2.07. The highest BCUT2D eigenvalue weighted by Gasteiger charge is 2.22. The Bertz CT molecular complexity index is 299. The van der Waals surface area contributed by atoms with Crippen molar-refractivity contribution in [2.24, 2.45) is 5.92 Å². The third-order valence-corrected chi connectivity index (χ3v) is 2.76. The van der Waals surface area contributed by atoms with Gasteiger partial charge in [0.2, 0.25) is 0 Å². The highest BCUT2D eigenvalue weighted by molar-refractivity contribution is 5.18. The summed E-state index contributed by atoms with van der Waals surface area (Å²) in [5.74, 6) is 2.09. The van der Waals surface area contributed by atoms with Crippen molar-refractivity contribution in [1.29, 1.82) is 0 Å². The van der Waals surface area contributed by atoms with Crippen LogP contribution < -0.4 is 0 Å². The Balaban J connectivity index is 2.41. The van der Waals surface area contributed by atoms with E-state index in [9.17, 15) is 0 Å². The molecule has 1 unspecified atom stereocenters. The van der Waals surface area contributed by atoms with E-state index >= 15 is 0 Å². The molecule has 1 aliphatic rings. The van der Waals surface area contributed by atoms with Gasteiger partial charge in [-0.15, -0.1) is 0 Å². The average Bonchev–Trinajstić information content (AvgIpc) is 2.51. The second kappa shape index (κ2) is 2.61. The first kappa shape index (κ1) is 7.84. The fourth-order valence-electron chi connectivity index (χ4n) is 2.07.